The number of rotatable bonds is 5. The predicted molar refractivity (Wildman–Crippen MR) is 111 cm³/mol. The van der Waals surface area contributed by atoms with Crippen LogP contribution < -0.4 is 9.64 Å². The van der Waals surface area contributed by atoms with E-state index < -0.39 is 0 Å². The molecular weight excluding hydrogens is 370 g/mol. The molecule has 1 aliphatic heterocycles. The normalized spacial score (nSPS) is 15.6. The van der Waals surface area contributed by atoms with Crippen LogP contribution in [-0.2, 0) is 4.79 Å². The lowest BCUT2D eigenvalue weighted by Crippen LogP contribution is -2.41. The zero-order valence-electron chi connectivity index (χ0n) is 15.2. The monoisotopic (exact) mass is 389 g/mol. The van der Waals surface area contributed by atoms with Crippen LogP contribution in [0.2, 0.25) is 0 Å². The standard InChI is InChI=1S/C23H19NO3S/c25-14-18-10-4-6-12-21(18)27-15-23(26)24-19-11-5-7-13-22(19)28-16-20(24)17-8-2-1-3-9-17/h1-14,20H,15-16H2/t20-/m1/s1. The third kappa shape index (κ3) is 3.66. The van der Waals surface area contributed by atoms with E-state index in [1.54, 1.807) is 36.0 Å². The highest BCUT2D eigenvalue weighted by Crippen LogP contribution is 2.43. The molecule has 0 fully saturated rings. The Hall–Kier alpha value is -3.05. The number of benzene rings is 3. The quantitative estimate of drug-likeness (QED) is 0.591. The maximum Gasteiger partial charge on any atom is 0.265 e. The van der Waals surface area contributed by atoms with Crippen LogP contribution in [0.5, 0.6) is 5.75 Å². The number of para-hydroxylation sites is 2. The zero-order valence-corrected chi connectivity index (χ0v) is 16.0. The molecule has 4 nitrogen and oxygen atoms in total. The Morgan fingerprint density at radius 1 is 1.00 bits per heavy atom. The lowest BCUT2D eigenvalue weighted by atomic mass is 10.1. The van der Waals surface area contributed by atoms with Gasteiger partial charge in [0.05, 0.1) is 17.3 Å². The van der Waals surface area contributed by atoms with Crippen molar-refractivity contribution in [3.05, 3.63) is 90.0 Å². The minimum absolute atomic E-state index is 0.0708. The maximum absolute atomic E-state index is 13.2. The number of carbonyl (C=O) groups excluding carboxylic acids is 2. The minimum atomic E-state index is -0.137. The summed E-state index contributed by atoms with van der Waals surface area (Å²) in [5, 5.41) is 0. The van der Waals surface area contributed by atoms with Gasteiger partial charge in [0.1, 0.15) is 5.75 Å². The Kier molecular flexibility index (Phi) is 5.44. The molecule has 28 heavy (non-hydrogen) atoms. The molecule has 0 bridgehead atoms. The third-order valence-electron chi connectivity index (χ3n) is 4.68. The van der Waals surface area contributed by atoms with Gasteiger partial charge >= 0.3 is 0 Å². The number of ether oxygens (including phenoxy) is 1. The van der Waals surface area contributed by atoms with Crippen molar-refractivity contribution in [1.82, 2.24) is 0 Å². The summed E-state index contributed by atoms with van der Waals surface area (Å²) >= 11 is 1.75. The number of thioether (sulfide) groups is 1. The molecule has 3 aromatic rings. The number of hydrogen-bond acceptors (Lipinski definition) is 4. The van der Waals surface area contributed by atoms with Crippen LogP contribution >= 0.6 is 11.8 Å². The van der Waals surface area contributed by atoms with Crippen LogP contribution in [0.4, 0.5) is 5.69 Å². The first-order chi connectivity index (χ1) is 13.8. The lowest BCUT2D eigenvalue weighted by molar-refractivity contribution is -0.121. The molecule has 0 aliphatic carbocycles. The van der Waals surface area contributed by atoms with Crippen molar-refractivity contribution in [3.63, 3.8) is 0 Å². The molecule has 0 spiro atoms. The first kappa shape index (κ1) is 18.3. The van der Waals surface area contributed by atoms with Crippen molar-refractivity contribution in [3.8, 4) is 5.75 Å². The number of nitrogens with zero attached hydrogens (tertiary/aromatic N) is 1. The topological polar surface area (TPSA) is 46.6 Å². The fourth-order valence-electron chi connectivity index (χ4n) is 3.34. The first-order valence-corrected chi connectivity index (χ1v) is 10.0. The van der Waals surface area contributed by atoms with Crippen LogP contribution in [0.1, 0.15) is 22.0 Å². The van der Waals surface area contributed by atoms with Gasteiger partial charge < -0.3 is 4.74 Å². The van der Waals surface area contributed by atoms with E-state index in [1.165, 1.54) is 0 Å². The third-order valence-corrected chi connectivity index (χ3v) is 5.82. The van der Waals surface area contributed by atoms with E-state index in [0.29, 0.717) is 11.3 Å². The summed E-state index contributed by atoms with van der Waals surface area (Å²) in [6, 6.07) is 24.8. The van der Waals surface area contributed by atoms with Crippen molar-refractivity contribution in [1.29, 1.82) is 0 Å². The second-order valence-electron chi connectivity index (χ2n) is 6.41. The molecule has 1 amide bonds. The average molecular weight is 389 g/mol. The molecule has 140 valence electrons. The van der Waals surface area contributed by atoms with Gasteiger partial charge in [-0.25, -0.2) is 0 Å². The van der Waals surface area contributed by atoms with E-state index in [0.717, 1.165) is 28.2 Å². The smallest absolute Gasteiger partial charge is 0.265 e. The van der Waals surface area contributed by atoms with Crippen molar-refractivity contribution in [2.24, 2.45) is 0 Å². The van der Waals surface area contributed by atoms with Crippen LogP contribution in [0.3, 0.4) is 0 Å². The summed E-state index contributed by atoms with van der Waals surface area (Å²) < 4.78 is 5.71. The Balaban J connectivity index is 1.63. The molecule has 0 unspecified atom stereocenters. The Bertz CT molecular complexity index is 990. The summed E-state index contributed by atoms with van der Waals surface area (Å²) in [4.78, 5) is 27.3. The number of amides is 1. The van der Waals surface area contributed by atoms with E-state index in [2.05, 4.69) is 0 Å². The first-order valence-electron chi connectivity index (χ1n) is 9.04. The Morgan fingerprint density at radius 3 is 2.54 bits per heavy atom. The van der Waals surface area contributed by atoms with Crippen molar-refractivity contribution >= 4 is 29.6 Å². The highest BCUT2D eigenvalue weighted by atomic mass is 32.2. The summed E-state index contributed by atoms with van der Waals surface area (Å²) in [5.74, 6) is 1.06. The summed E-state index contributed by atoms with van der Waals surface area (Å²) in [5.41, 5.74) is 2.42. The highest BCUT2D eigenvalue weighted by Gasteiger charge is 2.32. The zero-order chi connectivity index (χ0) is 19.3. The fraction of sp³-hybridized carbons (Fsp3) is 0.130. The Morgan fingerprint density at radius 2 is 1.71 bits per heavy atom. The second kappa shape index (κ2) is 8.31. The van der Waals surface area contributed by atoms with Gasteiger partial charge in [-0.1, -0.05) is 54.6 Å². The number of fused-ring (bicyclic) bond motifs is 1. The molecular formula is C23H19NO3S. The molecule has 0 saturated carbocycles. The van der Waals surface area contributed by atoms with Gasteiger partial charge in [-0.05, 0) is 29.8 Å². The van der Waals surface area contributed by atoms with Crippen molar-refractivity contribution in [2.75, 3.05) is 17.3 Å². The van der Waals surface area contributed by atoms with Crippen molar-refractivity contribution in [2.45, 2.75) is 10.9 Å². The molecule has 1 atom stereocenters. The fourth-order valence-corrected chi connectivity index (χ4v) is 4.50. The molecule has 0 saturated heterocycles. The second-order valence-corrected chi connectivity index (χ2v) is 7.48. The van der Waals surface area contributed by atoms with Crippen molar-refractivity contribution < 1.29 is 14.3 Å². The Labute approximate surface area is 168 Å². The molecule has 1 aliphatic rings. The van der Waals surface area contributed by atoms with Gasteiger partial charge in [-0.15, -0.1) is 11.8 Å². The number of anilines is 1. The largest absolute Gasteiger partial charge is 0.483 e. The summed E-state index contributed by atoms with van der Waals surface area (Å²) in [7, 11) is 0. The van der Waals surface area contributed by atoms with E-state index in [4.69, 9.17) is 4.74 Å². The van der Waals surface area contributed by atoms with E-state index in [-0.39, 0.29) is 18.6 Å². The van der Waals surface area contributed by atoms with E-state index >= 15 is 0 Å². The van der Waals surface area contributed by atoms with Gasteiger partial charge in [0.2, 0.25) is 0 Å². The lowest BCUT2D eigenvalue weighted by Gasteiger charge is -2.37. The predicted octanol–water partition coefficient (Wildman–Crippen LogP) is 4.76. The minimum Gasteiger partial charge on any atom is -0.483 e. The van der Waals surface area contributed by atoms with Gasteiger partial charge in [-0.3, -0.25) is 14.5 Å². The van der Waals surface area contributed by atoms with E-state index in [1.807, 2.05) is 59.5 Å². The maximum atomic E-state index is 13.2. The highest BCUT2D eigenvalue weighted by molar-refractivity contribution is 7.99. The van der Waals surface area contributed by atoms with Crippen LogP contribution in [0.15, 0.2) is 83.8 Å². The molecule has 4 rings (SSSR count). The van der Waals surface area contributed by atoms with E-state index in [9.17, 15) is 9.59 Å². The van der Waals surface area contributed by atoms with Gasteiger partial charge in [0, 0.05) is 10.6 Å². The number of carbonyl (C=O) groups is 2. The molecule has 0 N–H and O–H groups in total. The molecule has 3 aromatic carbocycles. The molecule has 0 aromatic heterocycles. The van der Waals surface area contributed by atoms with Crippen LogP contribution in [0, 0.1) is 0 Å². The SMILES string of the molecule is O=Cc1ccccc1OCC(=O)N1c2ccccc2SC[C@@H]1c1ccccc1. The van der Waals surface area contributed by atoms with Gasteiger partial charge in [-0.2, -0.15) is 0 Å². The van der Waals surface area contributed by atoms with Crippen LogP contribution in [-0.4, -0.2) is 24.6 Å². The number of aldehydes is 1. The van der Waals surface area contributed by atoms with Crippen LogP contribution in [0.25, 0.3) is 0 Å². The molecule has 0 radical (unpaired) electrons. The van der Waals surface area contributed by atoms with Gasteiger partial charge in [0.25, 0.3) is 5.91 Å². The summed E-state index contributed by atoms with van der Waals surface area (Å²) in [6.07, 6.45) is 0.736. The van der Waals surface area contributed by atoms with Gasteiger partial charge in [0.15, 0.2) is 12.9 Å². The number of hydrogen-bond donors (Lipinski definition) is 0. The molecule has 5 heteroatoms. The average Bonchev–Trinajstić information content (AvgIpc) is 2.77. The molecule has 1 heterocycles. The summed E-state index contributed by atoms with van der Waals surface area (Å²) in [6.45, 7) is -0.132.